The van der Waals surface area contributed by atoms with Gasteiger partial charge in [-0.25, -0.2) is 0 Å². The van der Waals surface area contributed by atoms with Gasteiger partial charge in [0.2, 0.25) is 0 Å². The fraction of sp³-hybridized carbons (Fsp3) is 0. The number of anilines is 3. The molecule has 3 heteroatoms. The fourth-order valence-corrected chi connectivity index (χ4v) is 8.88. The van der Waals surface area contributed by atoms with E-state index >= 15 is 0 Å². The average molecular weight is 733 g/mol. The molecular formula is C53H36N2S. The Morgan fingerprint density at radius 1 is 0.339 bits per heavy atom. The Labute approximate surface area is 331 Å². The van der Waals surface area contributed by atoms with Gasteiger partial charge in [-0.15, -0.1) is 11.3 Å². The normalized spacial score (nSPS) is 11.2. The highest BCUT2D eigenvalue weighted by Crippen LogP contribution is 2.41. The first-order valence-corrected chi connectivity index (χ1v) is 19.8. The molecule has 0 N–H and O–H groups in total. The summed E-state index contributed by atoms with van der Waals surface area (Å²) in [5, 5.41) is 1.22. The number of pyridine rings is 1. The summed E-state index contributed by atoms with van der Waals surface area (Å²) >= 11 is 1.82. The standard InChI is InChI=1S/C53H36N2S/c1-3-10-37(11-4-1)40-23-29-46(30-24-40)55(47-31-25-41(26-32-47)38-12-5-2-6-13-38)48-33-27-42(28-34-48)39-19-21-43(22-20-39)44-14-7-15-45(36-44)49-16-8-17-50-52-51(56-53(49)50)18-9-35-54-52/h1-36H. The lowest BCUT2D eigenvalue weighted by Crippen LogP contribution is -2.09. The monoisotopic (exact) mass is 732 g/mol. The highest BCUT2D eigenvalue weighted by Gasteiger charge is 2.15. The van der Waals surface area contributed by atoms with Gasteiger partial charge < -0.3 is 4.90 Å². The number of hydrogen-bond donors (Lipinski definition) is 0. The number of rotatable bonds is 8. The zero-order valence-electron chi connectivity index (χ0n) is 30.6. The van der Waals surface area contributed by atoms with Crippen LogP contribution in [0.3, 0.4) is 0 Å². The van der Waals surface area contributed by atoms with Crippen LogP contribution in [0.25, 0.3) is 75.9 Å². The quantitative estimate of drug-likeness (QED) is 0.155. The van der Waals surface area contributed by atoms with E-state index < -0.39 is 0 Å². The van der Waals surface area contributed by atoms with Crippen LogP contribution in [0.5, 0.6) is 0 Å². The number of hydrogen-bond acceptors (Lipinski definition) is 3. The first-order valence-electron chi connectivity index (χ1n) is 18.9. The molecule has 56 heavy (non-hydrogen) atoms. The van der Waals surface area contributed by atoms with E-state index in [1.165, 1.54) is 70.4 Å². The maximum Gasteiger partial charge on any atom is 0.0888 e. The molecule has 0 saturated heterocycles. The Balaban J connectivity index is 0.941. The summed E-state index contributed by atoms with van der Waals surface area (Å²) in [5.74, 6) is 0. The summed E-state index contributed by atoms with van der Waals surface area (Å²) < 4.78 is 2.50. The summed E-state index contributed by atoms with van der Waals surface area (Å²) in [7, 11) is 0. The highest BCUT2D eigenvalue weighted by molar-refractivity contribution is 7.26. The molecule has 264 valence electrons. The van der Waals surface area contributed by atoms with Crippen molar-refractivity contribution in [3.63, 3.8) is 0 Å². The Kier molecular flexibility index (Phi) is 8.75. The SMILES string of the molecule is c1ccc(-c2ccc(N(c3ccc(-c4ccccc4)cc3)c3ccc(-c4ccc(-c5cccc(-c6cccc7c6sc6cccnc67)c5)cc4)cc3)cc2)cc1. The number of fused-ring (bicyclic) bond motifs is 3. The van der Waals surface area contributed by atoms with E-state index in [2.05, 4.69) is 216 Å². The van der Waals surface area contributed by atoms with Crippen LogP contribution in [0.1, 0.15) is 0 Å². The molecular weight excluding hydrogens is 697 g/mol. The molecule has 0 atom stereocenters. The molecule has 10 rings (SSSR count). The minimum atomic E-state index is 1.08. The number of aromatic nitrogens is 1. The van der Waals surface area contributed by atoms with Crippen LogP contribution in [0.15, 0.2) is 219 Å². The van der Waals surface area contributed by atoms with Crippen molar-refractivity contribution in [2.45, 2.75) is 0 Å². The minimum absolute atomic E-state index is 1.08. The van der Waals surface area contributed by atoms with Crippen LogP contribution in [0.2, 0.25) is 0 Å². The molecule has 2 aromatic heterocycles. The molecule has 0 radical (unpaired) electrons. The third-order valence-corrected chi connectivity index (χ3v) is 11.8. The van der Waals surface area contributed by atoms with Crippen LogP contribution < -0.4 is 4.90 Å². The van der Waals surface area contributed by atoms with Gasteiger partial charge in [0.25, 0.3) is 0 Å². The molecule has 0 aliphatic heterocycles. The van der Waals surface area contributed by atoms with Crippen molar-refractivity contribution in [3.05, 3.63) is 219 Å². The second-order valence-corrected chi connectivity index (χ2v) is 15.1. The maximum absolute atomic E-state index is 4.68. The van der Waals surface area contributed by atoms with Crippen LogP contribution in [0, 0.1) is 0 Å². The molecule has 2 nitrogen and oxygen atoms in total. The third kappa shape index (κ3) is 6.45. The molecule has 0 bridgehead atoms. The Morgan fingerprint density at radius 2 is 0.768 bits per heavy atom. The van der Waals surface area contributed by atoms with Gasteiger partial charge in [-0.2, -0.15) is 0 Å². The van der Waals surface area contributed by atoms with Crippen LogP contribution in [0.4, 0.5) is 17.1 Å². The van der Waals surface area contributed by atoms with Gasteiger partial charge in [0, 0.05) is 33.3 Å². The van der Waals surface area contributed by atoms with E-state index in [-0.39, 0.29) is 0 Å². The summed E-state index contributed by atoms with van der Waals surface area (Å²) in [5.41, 5.74) is 16.4. The smallest absolute Gasteiger partial charge is 0.0888 e. The van der Waals surface area contributed by atoms with E-state index in [0.717, 1.165) is 22.6 Å². The van der Waals surface area contributed by atoms with Gasteiger partial charge in [-0.05, 0) is 110 Å². The van der Waals surface area contributed by atoms with Crippen molar-refractivity contribution in [1.82, 2.24) is 4.98 Å². The van der Waals surface area contributed by atoms with Crippen molar-refractivity contribution in [2.75, 3.05) is 4.90 Å². The summed E-state index contributed by atoms with van der Waals surface area (Å²) in [6.45, 7) is 0. The third-order valence-electron chi connectivity index (χ3n) is 10.6. The fourth-order valence-electron chi connectivity index (χ4n) is 7.68. The largest absolute Gasteiger partial charge is 0.311 e. The predicted molar refractivity (Wildman–Crippen MR) is 239 cm³/mol. The van der Waals surface area contributed by atoms with Gasteiger partial charge in [0.05, 0.1) is 10.2 Å². The summed E-state index contributed by atoms with van der Waals surface area (Å²) in [6, 6.07) is 76.3. The second kappa shape index (κ2) is 14.6. The first kappa shape index (κ1) is 33.5. The highest BCUT2D eigenvalue weighted by atomic mass is 32.1. The number of thiophene rings is 1. The van der Waals surface area contributed by atoms with Crippen molar-refractivity contribution in [1.29, 1.82) is 0 Å². The Hall–Kier alpha value is -7.07. The van der Waals surface area contributed by atoms with Gasteiger partial charge in [0.1, 0.15) is 0 Å². The van der Waals surface area contributed by atoms with Gasteiger partial charge >= 0.3 is 0 Å². The van der Waals surface area contributed by atoms with Crippen molar-refractivity contribution < 1.29 is 0 Å². The van der Waals surface area contributed by atoms with E-state index in [1.54, 1.807) is 0 Å². The molecule has 0 spiro atoms. The first-order chi connectivity index (χ1) is 27.7. The van der Waals surface area contributed by atoms with Crippen LogP contribution >= 0.6 is 11.3 Å². The molecule has 2 heterocycles. The summed E-state index contributed by atoms with van der Waals surface area (Å²) in [6.07, 6.45) is 1.88. The lowest BCUT2D eigenvalue weighted by atomic mass is 9.96. The minimum Gasteiger partial charge on any atom is -0.311 e. The van der Waals surface area contributed by atoms with Crippen molar-refractivity contribution >= 4 is 48.7 Å². The van der Waals surface area contributed by atoms with Crippen LogP contribution in [-0.4, -0.2) is 4.98 Å². The van der Waals surface area contributed by atoms with Gasteiger partial charge in [-0.1, -0.05) is 158 Å². The zero-order valence-corrected chi connectivity index (χ0v) is 31.4. The van der Waals surface area contributed by atoms with Crippen molar-refractivity contribution in [3.8, 4) is 55.6 Å². The topological polar surface area (TPSA) is 16.1 Å². The Bertz CT molecular complexity index is 2830. The van der Waals surface area contributed by atoms with Crippen LogP contribution in [-0.2, 0) is 0 Å². The van der Waals surface area contributed by atoms with E-state index in [9.17, 15) is 0 Å². The number of benzene rings is 8. The Morgan fingerprint density at radius 3 is 1.30 bits per heavy atom. The van der Waals surface area contributed by atoms with Crippen molar-refractivity contribution in [2.24, 2.45) is 0 Å². The van der Waals surface area contributed by atoms with E-state index in [4.69, 9.17) is 0 Å². The molecule has 0 unspecified atom stereocenters. The lowest BCUT2D eigenvalue weighted by molar-refractivity contribution is 1.28. The lowest BCUT2D eigenvalue weighted by Gasteiger charge is -2.26. The van der Waals surface area contributed by atoms with E-state index in [0.29, 0.717) is 0 Å². The van der Waals surface area contributed by atoms with Gasteiger partial charge in [-0.3, -0.25) is 4.98 Å². The maximum atomic E-state index is 4.68. The molecule has 0 aliphatic carbocycles. The summed E-state index contributed by atoms with van der Waals surface area (Å²) in [4.78, 5) is 7.01. The molecule has 0 amide bonds. The zero-order chi connectivity index (χ0) is 37.3. The second-order valence-electron chi connectivity index (χ2n) is 14.0. The van der Waals surface area contributed by atoms with E-state index in [1.807, 2.05) is 23.6 Å². The molecule has 0 aliphatic rings. The molecule has 10 aromatic rings. The molecule has 0 fully saturated rings. The predicted octanol–water partition coefficient (Wildman–Crippen LogP) is 15.3. The average Bonchev–Trinajstić information content (AvgIpc) is 3.67. The molecule has 0 saturated carbocycles. The van der Waals surface area contributed by atoms with Gasteiger partial charge in [0.15, 0.2) is 0 Å². The number of nitrogens with zero attached hydrogens (tertiary/aromatic N) is 2. The molecule has 8 aromatic carbocycles.